The maximum absolute atomic E-state index is 14.0. The third kappa shape index (κ3) is 7.92. The highest BCUT2D eigenvalue weighted by Gasteiger charge is 2.33. The van der Waals surface area contributed by atoms with Crippen LogP contribution in [0, 0.1) is 19.8 Å². The summed E-state index contributed by atoms with van der Waals surface area (Å²) in [5, 5.41) is 2.90. The Bertz CT molecular complexity index is 1410. The fraction of sp³-hybridized carbons (Fsp3) is 0.333. The van der Waals surface area contributed by atoms with Gasteiger partial charge < -0.3 is 10.2 Å². The van der Waals surface area contributed by atoms with E-state index >= 15 is 0 Å². The molecule has 0 spiro atoms. The molecule has 3 aromatic rings. The van der Waals surface area contributed by atoms with Crippen molar-refractivity contribution in [3.8, 4) is 0 Å². The molecule has 7 nitrogen and oxygen atoms in total. The number of anilines is 1. The van der Waals surface area contributed by atoms with Crippen LogP contribution in [0.5, 0.6) is 0 Å². The summed E-state index contributed by atoms with van der Waals surface area (Å²) in [6, 6.07) is 20.2. The predicted molar refractivity (Wildman–Crippen MR) is 159 cm³/mol. The smallest absolute Gasteiger partial charge is 0.264 e. The van der Waals surface area contributed by atoms with E-state index in [1.165, 1.54) is 17.0 Å². The molecule has 39 heavy (non-hydrogen) atoms. The standard InChI is InChI=1S/C30H36BrN3O4S/c1-21(2)18-32-30(36)24(5)33(19-25-10-9-11-26(31)17-25)29(35)20-34(28-16-22(3)14-15-23(28)4)39(37,38)27-12-7-6-8-13-27/h6-17,21,24H,18-20H2,1-5H3,(H,32,36)/t24-/m0/s1. The Morgan fingerprint density at radius 3 is 2.26 bits per heavy atom. The summed E-state index contributed by atoms with van der Waals surface area (Å²) in [7, 11) is -4.09. The fourth-order valence-corrected chi connectivity index (χ4v) is 6.03. The largest absolute Gasteiger partial charge is 0.354 e. The van der Waals surface area contributed by atoms with E-state index < -0.39 is 28.5 Å². The van der Waals surface area contributed by atoms with Crippen LogP contribution >= 0.6 is 15.9 Å². The van der Waals surface area contributed by atoms with Gasteiger partial charge in [0.05, 0.1) is 10.6 Å². The van der Waals surface area contributed by atoms with Gasteiger partial charge in [-0.05, 0) is 73.7 Å². The first-order chi connectivity index (χ1) is 18.4. The van der Waals surface area contributed by atoms with E-state index in [2.05, 4.69) is 21.2 Å². The lowest BCUT2D eigenvalue weighted by atomic mass is 10.1. The van der Waals surface area contributed by atoms with E-state index in [0.717, 1.165) is 19.9 Å². The topological polar surface area (TPSA) is 86.8 Å². The number of sulfonamides is 1. The molecule has 9 heteroatoms. The first-order valence-electron chi connectivity index (χ1n) is 12.9. The molecule has 0 aliphatic rings. The van der Waals surface area contributed by atoms with E-state index in [4.69, 9.17) is 0 Å². The Morgan fingerprint density at radius 1 is 0.923 bits per heavy atom. The van der Waals surface area contributed by atoms with E-state index in [1.807, 2.05) is 64.1 Å². The second kappa shape index (κ2) is 13.3. The van der Waals surface area contributed by atoms with Gasteiger partial charge in [0.1, 0.15) is 12.6 Å². The van der Waals surface area contributed by atoms with Gasteiger partial charge in [0, 0.05) is 17.6 Å². The first kappa shape index (κ1) is 30.4. The molecular weight excluding hydrogens is 578 g/mol. The fourth-order valence-electron chi connectivity index (χ4n) is 4.09. The minimum atomic E-state index is -4.09. The second-order valence-corrected chi connectivity index (χ2v) is 12.9. The molecule has 1 atom stereocenters. The Morgan fingerprint density at radius 2 is 1.62 bits per heavy atom. The summed E-state index contributed by atoms with van der Waals surface area (Å²) in [6.07, 6.45) is 0. The molecule has 0 saturated heterocycles. The van der Waals surface area contributed by atoms with Gasteiger partial charge in [0.15, 0.2) is 0 Å². The van der Waals surface area contributed by atoms with Gasteiger partial charge in [0.25, 0.3) is 10.0 Å². The van der Waals surface area contributed by atoms with Gasteiger partial charge in [-0.2, -0.15) is 0 Å². The summed E-state index contributed by atoms with van der Waals surface area (Å²) < 4.78 is 29.8. The molecule has 0 bridgehead atoms. The molecule has 3 aromatic carbocycles. The number of carbonyl (C=O) groups excluding carboxylic acids is 2. The Kier molecular flexibility index (Phi) is 10.3. The number of nitrogens with zero attached hydrogens (tertiary/aromatic N) is 2. The number of rotatable bonds is 11. The van der Waals surface area contributed by atoms with Crippen LogP contribution in [-0.2, 0) is 26.2 Å². The summed E-state index contributed by atoms with van der Waals surface area (Å²) in [4.78, 5) is 28.6. The number of halogens is 1. The summed E-state index contributed by atoms with van der Waals surface area (Å²) >= 11 is 3.46. The van der Waals surface area contributed by atoms with Gasteiger partial charge in [-0.3, -0.25) is 13.9 Å². The van der Waals surface area contributed by atoms with Crippen LogP contribution in [0.15, 0.2) is 82.2 Å². The zero-order valence-corrected chi connectivity index (χ0v) is 25.4. The van der Waals surface area contributed by atoms with E-state index in [1.54, 1.807) is 31.2 Å². The highest BCUT2D eigenvalue weighted by Crippen LogP contribution is 2.28. The Balaban J connectivity index is 2.04. The zero-order chi connectivity index (χ0) is 28.7. The van der Waals surface area contributed by atoms with Gasteiger partial charge >= 0.3 is 0 Å². The van der Waals surface area contributed by atoms with E-state index in [9.17, 15) is 18.0 Å². The molecule has 0 aliphatic carbocycles. The molecule has 0 fully saturated rings. The van der Waals surface area contributed by atoms with Crippen molar-refractivity contribution in [3.63, 3.8) is 0 Å². The average molecular weight is 615 g/mol. The van der Waals surface area contributed by atoms with Crippen LogP contribution in [-0.4, -0.2) is 44.3 Å². The molecule has 3 rings (SSSR count). The minimum Gasteiger partial charge on any atom is -0.354 e. The number of nitrogens with one attached hydrogen (secondary N) is 1. The lowest BCUT2D eigenvalue weighted by molar-refractivity contribution is -0.139. The van der Waals surface area contributed by atoms with Gasteiger partial charge in [0.2, 0.25) is 11.8 Å². The molecule has 0 heterocycles. The van der Waals surface area contributed by atoms with Crippen molar-refractivity contribution in [2.75, 3.05) is 17.4 Å². The van der Waals surface area contributed by atoms with Gasteiger partial charge in [-0.1, -0.05) is 72.2 Å². The molecule has 208 valence electrons. The summed E-state index contributed by atoms with van der Waals surface area (Å²) in [6.45, 7) is 9.49. The molecule has 0 saturated carbocycles. The minimum absolute atomic E-state index is 0.0833. The molecule has 2 amide bonds. The van der Waals surface area contributed by atoms with Crippen LogP contribution < -0.4 is 9.62 Å². The average Bonchev–Trinajstić information content (AvgIpc) is 2.90. The number of aryl methyl sites for hydroxylation is 2. The van der Waals surface area contributed by atoms with Crippen molar-refractivity contribution in [1.29, 1.82) is 0 Å². The molecule has 0 aromatic heterocycles. The number of amides is 2. The van der Waals surface area contributed by atoms with Gasteiger partial charge in [-0.25, -0.2) is 8.42 Å². The lowest BCUT2D eigenvalue weighted by Gasteiger charge is -2.32. The van der Waals surface area contributed by atoms with Crippen molar-refractivity contribution in [2.45, 2.75) is 52.1 Å². The molecule has 1 N–H and O–H groups in total. The monoisotopic (exact) mass is 613 g/mol. The van der Waals surface area contributed by atoms with Crippen molar-refractivity contribution in [2.24, 2.45) is 5.92 Å². The van der Waals surface area contributed by atoms with Crippen LogP contribution in [0.2, 0.25) is 0 Å². The lowest BCUT2D eigenvalue weighted by Crippen LogP contribution is -2.51. The van der Waals surface area contributed by atoms with Crippen LogP contribution in [0.4, 0.5) is 5.69 Å². The maximum atomic E-state index is 14.0. The van der Waals surface area contributed by atoms with Gasteiger partial charge in [-0.15, -0.1) is 0 Å². The number of hydrogen-bond donors (Lipinski definition) is 1. The Labute approximate surface area is 240 Å². The predicted octanol–water partition coefficient (Wildman–Crippen LogP) is 5.45. The maximum Gasteiger partial charge on any atom is 0.264 e. The highest BCUT2D eigenvalue weighted by atomic mass is 79.9. The number of hydrogen-bond acceptors (Lipinski definition) is 4. The summed E-state index contributed by atoms with van der Waals surface area (Å²) in [5.74, 6) is -0.537. The highest BCUT2D eigenvalue weighted by molar-refractivity contribution is 9.10. The SMILES string of the molecule is Cc1ccc(C)c(N(CC(=O)N(Cc2cccc(Br)c2)[C@@H](C)C(=O)NCC(C)C)S(=O)(=O)c2ccccc2)c1. The van der Waals surface area contributed by atoms with Crippen molar-refractivity contribution < 1.29 is 18.0 Å². The number of carbonyl (C=O) groups is 2. The normalized spacial score (nSPS) is 12.2. The van der Waals surface area contributed by atoms with Crippen molar-refractivity contribution in [1.82, 2.24) is 10.2 Å². The molecule has 0 radical (unpaired) electrons. The quantitative estimate of drug-likeness (QED) is 0.311. The van der Waals surface area contributed by atoms with Crippen molar-refractivity contribution >= 4 is 43.5 Å². The zero-order valence-electron chi connectivity index (χ0n) is 23.0. The third-order valence-electron chi connectivity index (χ3n) is 6.34. The number of benzene rings is 3. The van der Waals surface area contributed by atoms with Crippen LogP contribution in [0.25, 0.3) is 0 Å². The van der Waals surface area contributed by atoms with Crippen LogP contribution in [0.1, 0.15) is 37.5 Å². The van der Waals surface area contributed by atoms with Crippen LogP contribution in [0.3, 0.4) is 0 Å². The summed E-state index contributed by atoms with van der Waals surface area (Å²) in [5.41, 5.74) is 2.81. The van der Waals surface area contributed by atoms with Crippen molar-refractivity contribution in [3.05, 3.63) is 94.0 Å². The first-order valence-corrected chi connectivity index (χ1v) is 15.1. The molecule has 0 aliphatic heterocycles. The Hall–Kier alpha value is -3.17. The van der Waals surface area contributed by atoms with E-state index in [-0.39, 0.29) is 23.3 Å². The second-order valence-electron chi connectivity index (χ2n) is 10.1. The van der Waals surface area contributed by atoms with E-state index in [0.29, 0.717) is 17.8 Å². The third-order valence-corrected chi connectivity index (χ3v) is 8.60. The molecular formula is C30H36BrN3O4S. The molecule has 0 unspecified atom stereocenters.